The maximum Gasteiger partial charge on any atom is 0.279 e. The summed E-state index contributed by atoms with van der Waals surface area (Å²) >= 11 is 5.74. The van der Waals surface area contributed by atoms with E-state index < -0.39 is 0 Å². The van der Waals surface area contributed by atoms with Gasteiger partial charge in [-0.1, -0.05) is 11.6 Å². The summed E-state index contributed by atoms with van der Waals surface area (Å²) in [5.74, 6) is -0.119. The number of hydrogen-bond donors (Lipinski definition) is 2. The van der Waals surface area contributed by atoms with Gasteiger partial charge in [-0.3, -0.25) is 4.79 Å². The quantitative estimate of drug-likeness (QED) is 0.829. The molecule has 1 rings (SSSR count). The molecule has 1 amide bonds. The van der Waals surface area contributed by atoms with E-state index in [1.165, 1.54) is 0 Å². The lowest BCUT2D eigenvalue weighted by Gasteiger charge is -2.15. The van der Waals surface area contributed by atoms with Crippen molar-refractivity contribution in [2.75, 3.05) is 18.9 Å². The molecule has 0 saturated carbocycles. The van der Waals surface area contributed by atoms with Crippen LogP contribution < -0.4 is 10.2 Å². The molecule has 5 heteroatoms. The van der Waals surface area contributed by atoms with E-state index in [-0.39, 0.29) is 18.5 Å². The minimum Gasteiger partial charge on any atom is -0.321 e. The van der Waals surface area contributed by atoms with Gasteiger partial charge in [-0.2, -0.15) is 5.26 Å². The predicted octanol–water partition coefficient (Wildman–Crippen LogP) is 0.705. The van der Waals surface area contributed by atoms with Crippen LogP contribution in [-0.4, -0.2) is 25.5 Å². The summed E-state index contributed by atoms with van der Waals surface area (Å²) in [6.45, 7) is 2.04. The minimum absolute atomic E-state index is 0.119. The average Bonchev–Trinajstić information content (AvgIpc) is 2.30. The van der Waals surface area contributed by atoms with Gasteiger partial charge >= 0.3 is 0 Å². The number of nitriles is 1. The van der Waals surface area contributed by atoms with Crippen LogP contribution >= 0.6 is 11.6 Å². The highest BCUT2D eigenvalue weighted by Crippen LogP contribution is 2.12. The number of nitrogens with one attached hydrogen (secondary N) is 2. The third-order valence-electron chi connectivity index (χ3n) is 2.50. The van der Waals surface area contributed by atoms with Crippen LogP contribution in [0.3, 0.4) is 0 Å². The van der Waals surface area contributed by atoms with Crippen LogP contribution in [0.2, 0.25) is 5.02 Å². The highest BCUT2D eigenvalue weighted by atomic mass is 35.5. The Kier molecular flexibility index (Phi) is 4.95. The van der Waals surface area contributed by atoms with Gasteiger partial charge in [0.2, 0.25) is 0 Å². The topological polar surface area (TPSA) is 57.3 Å². The number of nitrogens with zero attached hydrogens (tertiary/aromatic N) is 1. The van der Waals surface area contributed by atoms with Crippen LogP contribution in [0.15, 0.2) is 24.3 Å². The maximum absolute atomic E-state index is 11.7. The van der Waals surface area contributed by atoms with Crippen molar-refractivity contribution in [1.82, 2.24) is 0 Å². The predicted molar refractivity (Wildman–Crippen MR) is 66.9 cm³/mol. The van der Waals surface area contributed by atoms with E-state index in [2.05, 4.69) is 11.4 Å². The fourth-order valence-electron chi connectivity index (χ4n) is 1.25. The van der Waals surface area contributed by atoms with Gasteiger partial charge in [0, 0.05) is 17.6 Å². The van der Waals surface area contributed by atoms with Crippen molar-refractivity contribution in [3.8, 4) is 6.07 Å². The molecular weight excluding hydrogens is 238 g/mol. The smallest absolute Gasteiger partial charge is 0.279 e. The molecule has 90 valence electrons. The third-order valence-corrected chi connectivity index (χ3v) is 2.75. The Balaban J connectivity index is 2.50. The number of rotatable bonds is 4. The second kappa shape index (κ2) is 6.24. The van der Waals surface area contributed by atoms with Crippen LogP contribution in [0, 0.1) is 11.3 Å². The van der Waals surface area contributed by atoms with Crippen molar-refractivity contribution in [2.45, 2.75) is 13.0 Å². The number of likely N-dealkylation sites (N-methyl/N-ethyl adjacent to an activating group) is 1. The van der Waals surface area contributed by atoms with Crippen molar-refractivity contribution in [1.29, 1.82) is 5.26 Å². The summed E-state index contributed by atoms with van der Waals surface area (Å²) in [5, 5.41) is 12.1. The Hall–Kier alpha value is -1.57. The lowest BCUT2D eigenvalue weighted by molar-refractivity contribution is -0.886. The number of hydrogen-bond acceptors (Lipinski definition) is 2. The van der Waals surface area contributed by atoms with Crippen LogP contribution in [0.25, 0.3) is 0 Å². The van der Waals surface area contributed by atoms with Crippen molar-refractivity contribution in [2.24, 2.45) is 0 Å². The molecule has 2 N–H and O–H groups in total. The normalized spacial score (nSPS) is 13.5. The Morgan fingerprint density at radius 3 is 2.65 bits per heavy atom. The first kappa shape index (κ1) is 13.5. The lowest BCUT2D eigenvalue weighted by atomic mass is 10.3. The molecular formula is C12H15ClN3O+. The molecule has 0 spiro atoms. The van der Waals surface area contributed by atoms with E-state index in [1.807, 2.05) is 7.05 Å². The number of carbonyl (C=O) groups is 1. The molecule has 0 saturated heterocycles. The molecule has 0 aliphatic heterocycles. The minimum atomic E-state index is -0.203. The van der Waals surface area contributed by atoms with Gasteiger partial charge in [0.15, 0.2) is 12.6 Å². The summed E-state index contributed by atoms with van der Waals surface area (Å²) in [6.07, 6.45) is 0. The fourth-order valence-corrected chi connectivity index (χ4v) is 1.38. The Labute approximate surface area is 106 Å². The van der Waals surface area contributed by atoms with Gasteiger partial charge in [-0.25, -0.2) is 0 Å². The number of anilines is 1. The van der Waals surface area contributed by atoms with Crippen LogP contribution in [0.1, 0.15) is 6.92 Å². The molecule has 17 heavy (non-hydrogen) atoms. The van der Waals surface area contributed by atoms with Gasteiger partial charge in [0.1, 0.15) is 6.07 Å². The van der Waals surface area contributed by atoms with E-state index in [9.17, 15) is 4.79 Å². The zero-order chi connectivity index (χ0) is 12.8. The number of carbonyl (C=O) groups excluding carboxylic acids is 1. The van der Waals surface area contributed by atoms with E-state index in [1.54, 1.807) is 31.2 Å². The molecule has 0 fully saturated rings. The first-order valence-electron chi connectivity index (χ1n) is 5.30. The summed E-state index contributed by atoms with van der Waals surface area (Å²) in [5.41, 5.74) is 0.705. The van der Waals surface area contributed by atoms with Crippen molar-refractivity contribution < 1.29 is 9.69 Å². The highest BCUT2D eigenvalue weighted by Gasteiger charge is 2.15. The molecule has 0 bridgehead atoms. The second-order valence-electron chi connectivity index (χ2n) is 3.93. The van der Waals surface area contributed by atoms with Gasteiger partial charge in [0.05, 0.1) is 7.05 Å². The highest BCUT2D eigenvalue weighted by molar-refractivity contribution is 6.30. The molecule has 1 unspecified atom stereocenters. The van der Waals surface area contributed by atoms with Crippen molar-refractivity contribution in [3.63, 3.8) is 0 Å². The molecule has 0 heterocycles. The van der Waals surface area contributed by atoms with Gasteiger partial charge < -0.3 is 10.2 Å². The number of benzene rings is 1. The average molecular weight is 253 g/mol. The summed E-state index contributed by atoms with van der Waals surface area (Å²) in [4.78, 5) is 12.5. The molecule has 0 aromatic heterocycles. The zero-order valence-electron chi connectivity index (χ0n) is 9.83. The van der Waals surface area contributed by atoms with Crippen molar-refractivity contribution >= 4 is 23.2 Å². The maximum atomic E-state index is 11.7. The SMILES string of the molecule is C[C@H](C#N)[NH+](C)CC(=O)Nc1ccc(Cl)cc1. The zero-order valence-corrected chi connectivity index (χ0v) is 10.6. The van der Waals surface area contributed by atoms with Crippen molar-refractivity contribution in [3.05, 3.63) is 29.3 Å². The number of amides is 1. The Morgan fingerprint density at radius 2 is 2.12 bits per heavy atom. The summed E-state index contributed by atoms with van der Waals surface area (Å²) in [7, 11) is 1.81. The summed E-state index contributed by atoms with van der Waals surface area (Å²) in [6, 6.07) is 8.81. The third kappa shape index (κ3) is 4.43. The molecule has 2 atom stereocenters. The number of quaternary nitrogens is 1. The first-order valence-corrected chi connectivity index (χ1v) is 5.68. The molecule has 0 radical (unpaired) electrons. The Morgan fingerprint density at radius 1 is 1.53 bits per heavy atom. The Bertz CT molecular complexity index is 424. The molecule has 4 nitrogen and oxygen atoms in total. The summed E-state index contributed by atoms with van der Waals surface area (Å²) < 4.78 is 0. The lowest BCUT2D eigenvalue weighted by Crippen LogP contribution is -3.13. The molecule has 0 aliphatic rings. The van der Waals surface area contributed by atoms with E-state index >= 15 is 0 Å². The van der Waals surface area contributed by atoms with Crippen LogP contribution in [0.4, 0.5) is 5.69 Å². The molecule has 1 aromatic rings. The first-order chi connectivity index (χ1) is 8.02. The van der Waals surface area contributed by atoms with Crippen LogP contribution in [-0.2, 0) is 4.79 Å². The van der Waals surface area contributed by atoms with E-state index in [0.29, 0.717) is 10.7 Å². The number of halogens is 1. The van der Waals surface area contributed by atoms with Gasteiger partial charge in [0.25, 0.3) is 5.91 Å². The second-order valence-corrected chi connectivity index (χ2v) is 4.37. The van der Waals surface area contributed by atoms with E-state index in [4.69, 9.17) is 16.9 Å². The fraction of sp³-hybridized carbons (Fsp3) is 0.333. The largest absolute Gasteiger partial charge is 0.321 e. The van der Waals surface area contributed by atoms with Gasteiger partial charge in [-0.05, 0) is 24.3 Å². The standard InChI is InChI=1S/C12H14ClN3O/c1-9(7-14)16(2)8-12(17)15-11-5-3-10(13)4-6-11/h3-6,9H,8H2,1-2H3,(H,15,17)/p+1/t9-/m1/s1. The van der Waals surface area contributed by atoms with E-state index in [0.717, 1.165) is 4.90 Å². The van der Waals surface area contributed by atoms with Gasteiger partial charge in [-0.15, -0.1) is 0 Å². The monoisotopic (exact) mass is 252 g/mol. The molecule has 0 aliphatic carbocycles. The molecule has 1 aromatic carbocycles. The van der Waals surface area contributed by atoms with Crippen LogP contribution in [0.5, 0.6) is 0 Å².